The van der Waals surface area contributed by atoms with E-state index in [9.17, 15) is 4.79 Å². The highest BCUT2D eigenvalue weighted by Crippen LogP contribution is 2.27. The fraction of sp³-hybridized carbons (Fsp3) is 0.909. The highest BCUT2D eigenvalue weighted by molar-refractivity contribution is 5.77. The molecule has 2 fully saturated rings. The van der Waals surface area contributed by atoms with Gasteiger partial charge in [-0.3, -0.25) is 5.41 Å². The SMILES string of the molecule is CCCCNC(=O)N1CCC(CCN2COC(CCCC)(CCCC)NC2=N)C1. The van der Waals surface area contributed by atoms with Crippen molar-refractivity contribution >= 4 is 12.0 Å². The first-order chi connectivity index (χ1) is 14.0. The molecule has 0 bridgehead atoms. The molecule has 2 aliphatic heterocycles. The Kier molecular flexibility index (Phi) is 10.0. The van der Waals surface area contributed by atoms with Crippen molar-refractivity contribution in [2.24, 2.45) is 5.92 Å². The van der Waals surface area contributed by atoms with Crippen molar-refractivity contribution in [3.05, 3.63) is 0 Å². The number of hydrogen-bond donors (Lipinski definition) is 3. The van der Waals surface area contributed by atoms with Gasteiger partial charge in [0.15, 0.2) is 5.96 Å². The zero-order chi connectivity index (χ0) is 21.1. The Balaban J connectivity index is 1.75. The third-order valence-electron chi connectivity index (χ3n) is 6.21. The first-order valence-corrected chi connectivity index (χ1v) is 11.8. The second kappa shape index (κ2) is 12.3. The molecule has 3 N–H and O–H groups in total. The van der Waals surface area contributed by atoms with Gasteiger partial charge >= 0.3 is 6.03 Å². The molecule has 2 saturated heterocycles. The van der Waals surface area contributed by atoms with Gasteiger partial charge in [-0.2, -0.15) is 0 Å². The molecule has 0 saturated carbocycles. The first kappa shape index (κ1) is 23.8. The summed E-state index contributed by atoms with van der Waals surface area (Å²) in [5, 5.41) is 14.9. The molecule has 2 amide bonds. The lowest BCUT2D eigenvalue weighted by molar-refractivity contribution is -0.125. The summed E-state index contributed by atoms with van der Waals surface area (Å²) in [5.41, 5.74) is -0.361. The van der Waals surface area contributed by atoms with Crippen LogP contribution in [0.4, 0.5) is 4.79 Å². The van der Waals surface area contributed by atoms with Crippen molar-refractivity contribution in [2.45, 2.75) is 90.7 Å². The van der Waals surface area contributed by atoms with Crippen molar-refractivity contribution in [2.75, 3.05) is 32.9 Å². The van der Waals surface area contributed by atoms with E-state index in [-0.39, 0.29) is 11.8 Å². The summed E-state index contributed by atoms with van der Waals surface area (Å²) in [6.07, 6.45) is 10.6. The third-order valence-corrected chi connectivity index (χ3v) is 6.21. The molecule has 0 aromatic heterocycles. The van der Waals surface area contributed by atoms with E-state index >= 15 is 0 Å². The van der Waals surface area contributed by atoms with Crippen LogP contribution in [0.2, 0.25) is 0 Å². The number of ether oxygens (including phenoxy) is 1. The van der Waals surface area contributed by atoms with Gasteiger partial charge in [0.05, 0.1) is 0 Å². The maximum Gasteiger partial charge on any atom is 0.317 e. The first-order valence-electron chi connectivity index (χ1n) is 11.8. The van der Waals surface area contributed by atoms with Crippen molar-refractivity contribution < 1.29 is 9.53 Å². The van der Waals surface area contributed by atoms with Crippen LogP contribution in [0.5, 0.6) is 0 Å². The molecule has 7 nitrogen and oxygen atoms in total. The van der Waals surface area contributed by atoms with E-state index < -0.39 is 0 Å². The number of guanidine groups is 1. The molecule has 0 aromatic rings. The number of amides is 2. The Bertz CT molecular complexity index is 505. The summed E-state index contributed by atoms with van der Waals surface area (Å²) >= 11 is 0. The minimum atomic E-state index is -0.361. The van der Waals surface area contributed by atoms with Gasteiger partial charge in [-0.15, -0.1) is 0 Å². The maximum atomic E-state index is 12.2. The number of carbonyl (C=O) groups is 1. The van der Waals surface area contributed by atoms with E-state index in [1.54, 1.807) is 0 Å². The summed E-state index contributed by atoms with van der Waals surface area (Å²) in [7, 11) is 0. The average Bonchev–Trinajstić information content (AvgIpc) is 3.19. The third kappa shape index (κ3) is 7.36. The Morgan fingerprint density at radius 2 is 1.90 bits per heavy atom. The normalized spacial score (nSPS) is 21.3. The largest absolute Gasteiger partial charge is 0.338 e. The topological polar surface area (TPSA) is 80.7 Å². The lowest BCUT2D eigenvalue weighted by Gasteiger charge is -2.44. The summed E-state index contributed by atoms with van der Waals surface area (Å²) in [6.45, 7) is 10.3. The fourth-order valence-corrected chi connectivity index (χ4v) is 4.17. The standard InChI is InChI=1S/C22H43N5O2/c1-4-7-12-22(13-8-5-2)25-20(23)27(18-29-22)16-11-19-10-15-26(17-19)21(28)24-14-9-6-3/h19H,4-18H2,1-3H3,(H2,23,25)(H,24,28). The highest BCUT2D eigenvalue weighted by Gasteiger charge is 2.37. The molecule has 0 aliphatic carbocycles. The number of hydrogen-bond acceptors (Lipinski definition) is 3. The van der Waals surface area contributed by atoms with E-state index in [0.717, 1.165) is 90.4 Å². The van der Waals surface area contributed by atoms with Crippen LogP contribution in [-0.2, 0) is 4.74 Å². The van der Waals surface area contributed by atoms with Crippen LogP contribution < -0.4 is 10.6 Å². The average molecular weight is 410 g/mol. The zero-order valence-corrected chi connectivity index (χ0v) is 18.9. The van der Waals surface area contributed by atoms with Gasteiger partial charge < -0.3 is 25.2 Å². The lowest BCUT2D eigenvalue weighted by atomic mass is 9.98. The van der Waals surface area contributed by atoms with E-state index in [2.05, 4.69) is 31.4 Å². The van der Waals surface area contributed by atoms with Gasteiger partial charge in [-0.25, -0.2) is 4.79 Å². The van der Waals surface area contributed by atoms with Gasteiger partial charge in [-0.05, 0) is 50.9 Å². The summed E-state index contributed by atoms with van der Waals surface area (Å²) in [4.78, 5) is 16.1. The molecule has 0 radical (unpaired) electrons. The molecular weight excluding hydrogens is 366 g/mol. The van der Waals surface area contributed by atoms with Crippen LogP contribution in [0.1, 0.15) is 85.0 Å². The smallest absolute Gasteiger partial charge is 0.317 e. The molecule has 29 heavy (non-hydrogen) atoms. The fourth-order valence-electron chi connectivity index (χ4n) is 4.17. The van der Waals surface area contributed by atoms with Crippen molar-refractivity contribution in [1.82, 2.24) is 20.4 Å². The monoisotopic (exact) mass is 409 g/mol. The van der Waals surface area contributed by atoms with Gasteiger partial charge in [-0.1, -0.05) is 40.0 Å². The molecule has 0 spiro atoms. The quantitative estimate of drug-likeness (QED) is 0.424. The molecule has 2 aliphatic rings. The van der Waals surface area contributed by atoms with Crippen LogP contribution in [0, 0.1) is 11.3 Å². The van der Waals surface area contributed by atoms with E-state index in [1.807, 2.05) is 9.80 Å². The Hall–Kier alpha value is -1.50. The van der Waals surface area contributed by atoms with E-state index in [0.29, 0.717) is 18.6 Å². The van der Waals surface area contributed by atoms with E-state index in [1.165, 1.54) is 0 Å². The van der Waals surface area contributed by atoms with Crippen LogP contribution >= 0.6 is 0 Å². The zero-order valence-electron chi connectivity index (χ0n) is 18.9. The summed E-state index contributed by atoms with van der Waals surface area (Å²) in [5.74, 6) is 1.00. The molecule has 2 heterocycles. The molecule has 2 rings (SSSR count). The molecule has 0 aromatic carbocycles. The van der Waals surface area contributed by atoms with E-state index in [4.69, 9.17) is 10.1 Å². The van der Waals surface area contributed by atoms with Gasteiger partial charge in [0.2, 0.25) is 0 Å². The second-order valence-corrected chi connectivity index (χ2v) is 8.69. The minimum Gasteiger partial charge on any atom is -0.338 e. The van der Waals surface area contributed by atoms with Crippen molar-refractivity contribution in [3.63, 3.8) is 0 Å². The van der Waals surface area contributed by atoms with Crippen LogP contribution in [0.3, 0.4) is 0 Å². The Labute approximate surface area is 177 Å². The molecular formula is C22H43N5O2. The van der Waals surface area contributed by atoms with Gasteiger partial charge in [0.25, 0.3) is 0 Å². The van der Waals surface area contributed by atoms with Crippen molar-refractivity contribution in [3.8, 4) is 0 Å². The molecule has 168 valence electrons. The number of nitrogens with zero attached hydrogens (tertiary/aromatic N) is 2. The summed E-state index contributed by atoms with van der Waals surface area (Å²) in [6, 6.07) is 0.0771. The van der Waals surface area contributed by atoms with Crippen LogP contribution in [0.25, 0.3) is 0 Å². The number of urea groups is 1. The predicted molar refractivity (Wildman–Crippen MR) is 118 cm³/mol. The Morgan fingerprint density at radius 3 is 2.52 bits per heavy atom. The molecule has 1 unspecified atom stereocenters. The minimum absolute atomic E-state index is 0.0771. The number of likely N-dealkylation sites (tertiary alicyclic amines) is 1. The van der Waals surface area contributed by atoms with Crippen LogP contribution in [-0.4, -0.2) is 60.4 Å². The van der Waals surface area contributed by atoms with Gasteiger partial charge in [0.1, 0.15) is 12.5 Å². The number of unbranched alkanes of at least 4 members (excludes halogenated alkanes) is 3. The molecule has 7 heteroatoms. The predicted octanol–water partition coefficient (Wildman–Crippen LogP) is 4.10. The lowest BCUT2D eigenvalue weighted by Crippen LogP contribution is -2.62. The molecule has 1 atom stereocenters. The second-order valence-electron chi connectivity index (χ2n) is 8.69. The summed E-state index contributed by atoms with van der Waals surface area (Å²) < 4.78 is 6.28. The van der Waals surface area contributed by atoms with Gasteiger partial charge in [0, 0.05) is 26.2 Å². The van der Waals surface area contributed by atoms with Crippen LogP contribution in [0.15, 0.2) is 0 Å². The highest BCUT2D eigenvalue weighted by atomic mass is 16.5. The number of nitrogens with one attached hydrogen (secondary N) is 3. The Morgan fingerprint density at radius 1 is 1.21 bits per heavy atom. The maximum absolute atomic E-state index is 12.2. The number of carbonyl (C=O) groups excluding carboxylic acids is 1. The van der Waals surface area contributed by atoms with Crippen molar-refractivity contribution in [1.29, 1.82) is 5.41 Å². The number of rotatable bonds is 12.